The van der Waals surface area contributed by atoms with Crippen LogP contribution in [0.3, 0.4) is 0 Å². The molecule has 1 aromatic rings. The van der Waals surface area contributed by atoms with Crippen LogP contribution in [0.2, 0.25) is 0 Å². The second-order valence-electron chi connectivity index (χ2n) is 5.82. The van der Waals surface area contributed by atoms with Crippen LogP contribution < -0.4 is 10.5 Å². The Morgan fingerprint density at radius 1 is 1.38 bits per heavy atom. The first kappa shape index (κ1) is 17.5. The topological polar surface area (TPSA) is 55.6 Å². The summed E-state index contributed by atoms with van der Waals surface area (Å²) in [7, 11) is 1.79. The largest absolute Gasteiger partial charge is 0.483 e. The van der Waals surface area contributed by atoms with Crippen molar-refractivity contribution in [2.45, 2.75) is 52.6 Å². The molecule has 118 valence electrons. The molecule has 0 aliphatic heterocycles. The van der Waals surface area contributed by atoms with Crippen LogP contribution in [0.15, 0.2) is 18.2 Å². The molecule has 1 unspecified atom stereocenters. The minimum absolute atomic E-state index is 0.0148. The molecule has 0 heterocycles. The fourth-order valence-electron chi connectivity index (χ4n) is 2.03. The number of nitrogens with zero attached hydrogens (tertiary/aromatic N) is 1. The number of para-hydroxylation sites is 1. The predicted molar refractivity (Wildman–Crippen MR) is 86.6 cm³/mol. The van der Waals surface area contributed by atoms with Crippen LogP contribution in [0.1, 0.15) is 38.3 Å². The third kappa shape index (κ3) is 5.05. The Labute approximate surface area is 128 Å². The number of nitrogens with two attached hydrogens (primary N) is 1. The van der Waals surface area contributed by atoms with E-state index in [2.05, 4.69) is 6.92 Å². The number of carbonyl (C=O) groups is 1. The molecule has 21 heavy (non-hydrogen) atoms. The first-order chi connectivity index (χ1) is 9.86. The Balaban J connectivity index is 2.80. The van der Waals surface area contributed by atoms with Crippen LogP contribution in [0.5, 0.6) is 5.75 Å². The van der Waals surface area contributed by atoms with Crippen molar-refractivity contribution in [3.8, 4) is 5.75 Å². The lowest BCUT2D eigenvalue weighted by atomic mass is 10.0. The first-order valence-electron chi connectivity index (χ1n) is 7.59. The maximum atomic E-state index is 12.0. The number of amides is 1. The zero-order valence-corrected chi connectivity index (χ0v) is 13.8. The van der Waals surface area contributed by atoms with Crippen molar-refractivity contribution in [1.82, 2.24) is 4.90 Å². The summed E-state index contributed by atoms with van der Waals surface area (Å²) in [5, 5.41) is 0. The number of carbonyl (C=O) groups excluding carboxylic acids is 1. The molecule has 0 aliphatic rings. The van der Waals surface area contributed by atoms with Crippen molar-refractivity contribution >= 4 is 5.91 Å². The molecule has 1 atom stereocenters. The average molecular weight is 292 g/mol. The fraction of sp³-hybridized carbons (Fsp3) is 0.588. The van der Waals surface area contributed by atoms with E-state index >= 15 is 0 Å². The molecule has 1 aromatic carbocycles. The number of likely N-dealkylation sites (N-methyl/N-ethyl adjacent to an activating group) is 1. The van der Waals surface area contributed by atoms with Crippen molar-refractivity contribution in [3.05, 3.63) is 29.3 Å². The molecule has 0 radical (unpaired) electrons. The van der Waals surface area contributed by atoms with Gasteiger partial charge in [0.15, 0.2) is 6.61 Å². The molecule has 4 nitrogen and oxygen atoms in total. The smallest absolute Gasteiger partial charge is 0.260 e. The van der Waals surface area contributed by atoms with E-state index in [1.807, 2.05) is 39.0 Å². The highest BCUT2D eigenvalue weighted by Crippen LogP contribution is 2.25. The zero-order valence-electron chi connectivity index (χ0n) is 13.8. The molecule has 0 aromatic heterocycles. The van der Waals surface area contributed by atoms with Gasteiger partial charge in [0.05, 0.1) is 0 Å². The highest BCUT2D eigenvalue weighted by atomic mass is 16.5. The zero-order chi connectivity index (χ0) is 16.0. The van der Waals surface area contributed by atoms with Gasteiger partial charge in [0.2, 0.25) is 0 Å². The fourth-order valence-corrected chi connectivity index (χ4v) is 2.03. The summed E-state index contributed by atoms with van der Waals surface area (Å²) in [5.41, 5.74) is 8.15. The second kappa shape index (κ2) is 8.03. The van der Waals surface area contributed by atoms with E-state index in [0.29, 0.717) is 0 Å². The molecule has 4 heteroatoms. The Morgan fingerprint density at radius 3 is 2.62 bits per heavy atom. The van der Waals surface area contributed by atoms with Crippen LogP contribution in [-0.4, -0.2) is 36.5 Å². The van der Waals surface area contributed by atoms with Crippen molar-refractivity contribution in [2.24, 2.45) is 5.73 Å². The minimum Gasteiger partial charge on any atom is -0.483 e. The van der Waals surface area contributed by atoms with E-state index in [1.54, 1.807) is 11.9 Å². The first-order valence-corrected chi connectivity index (χ1v) is 7.59. The van der Waals surface area contributed by atoms with Gasteiger partial charge in [0.1, 0.15) is 5.75 Å². The Hall–Kier alpha value is -1.55. The third-order valence-corrected chi connectivity index (χ3v) is 3.81. The van der Waals surface area contributed by atoms with Gasteiger partial charge in [0.25, 0.3) is 5.91 Å². The summed E-state index contributed by atoms with van der Waals surface area (Å²) in [6.45, 7) is 8.09. The minimum atomic E-state index is -0.0148. The lowest BCUT2D eigenvalue weighted by molar-refractivity contribution is -0.133. The SMILES string of the molecule is CCC(N)Cc1cccc(C)c1OCC(=O)N(C)C(C)C. The Bertz CT molecular complexity index is 472. The second-order valence-corrected chi connectivity index (χ2v) is 5.82. The molecule has 1 rings (SSSR count). The van der Waals surface area contributed by atoms with Gasteiger partial charge in [-0.2, -0.15) is 0 Å². The molecule has 0 fully saturated rings. The molecular weight excluding hydrogens is 264 g/mol. The summed E-state index contributed by atoms with van der Waals surface area (Å²) in [6.07, 6.45) is 1.68. The molecule has 0 bridgehead atoms. The van der Waals surface area contributed by atoms with Gasteiger partial charge >= 0.3 is 0 Å². The van der Waals surface area contributed by atoms with Gasteiger partial charge in [-0.3, -0.25) is 4.79 Å². The van der Waals surface area contributed by atoms with Gasteiger partial charge in [-0.05, 0) is 44.7 Å². The van der Waals surface area contributed by atoms with Crippen molar-refractivity contribution in [3.63, 3.8) is 0 Å². The van der Waals surface area contributed by atoms with Gasteiger partial charge in [-0.15, -0.1) is 0 Å². The highest BCUT2D eigenvalue weighted by molar-refractivity contribution is 5.77. The standard InChI is InChI=1S/C17H28N2O2/c1-6-15(18)10-14-9-7-8-13(4)17(14)21-11-16(20)19(5)12(2)3/h7-9,12,15H,6,10-11,18H2,1-5H3. The predicted octanol–water partition coefficient (Wildman–Crippen LogP) is 2.52. The maximum absolute atomic E-state index is 12.0. The number of hydrogen-bond acceptors (Lipinski definition) is 3. The number of benzene rings is 1. The lowest BCUT2D eigenvalue weighted by Gasteiger charge is -2.22. The summed E-state index contributed by atoms with van der Waals surface area (Å²) in [6, 6.07) is 6.30. The van der Waals surface area contributed by atoms with Crippen LogP contribution in [-0.2, 0) is 11.2 Å². The molecule has 2 N–H and O–H groups in total. The molecular formula is C17H28N2O2. The molecule has 0 spiro atoms. The van der Waals surface area contributed by atoms with Gasteiger partial charge in [-0.1, -0.05) is 25.1 Å². The number of hydrogen-bond donors (Lipinski definition) is 1. The number of aryl methyl sites for hydroxylation is 1. The third-order valence-electron chi connectivity index (χ3n) is 3.81. The monoisotopic (exact) mass is 292 g/mol. The summed E-state index contributed by atoms with van der Waals surface area (Å²) >= 11 is 0. The van der Waals surface area contributed by atoms with E-state index in [0.717, 1.165) is 29.7 Å². The van der Waals surface area contributed by atoms with E-state index in [-0.39, 0.29) is 24.6 Å². The Morgan fingerprint density at radius 2 is 2.05 bits per heavy atom. The maximum Gasteiger partial charge on any atom is 0.260 e. The Kier molecular flexibility index (Phi) is 6.69. The van der Waals surface area contributed by atoms with Gasteiger partial charge in [-0.25, -0.2) is 0 Å². The van der Waals surface area contributed by atoms with Crippen LogP contribution in [0, 0.1) is 6.92 Å². The van der Waals surface area contributed by atoms with Gasteiger partial charge < -0.3 is 15.4 Å². The van der Waals surface area contributed by atoms with Crippen LogP contribution in [0.25, 0.3) is 0 Å². The summed E-state index contributed by atoms with van der Waals surface area (Å²) < 4.78 is 5.80. The highest BCUT2D eigenvalue weighted by Gasteiger charge is 2.15. The molecule has 1 amide bonds. The summed E-state index contributed by atoms with van der Waals surface area (Å²) in [4.78, 5) is 13.7. The molecule has 0 aliphatic carbocycles. The van der Waals surface area contributed by atoms with Crippen molar-refractivity contribution in [1.29, 1.82) is 0 Å². The van der Waals surface area contributed by atoms with E-state index < -0.39 is 0 Å². The number of ether oxygens (including phenoxy) is 1. The molecule has 0 saturated carbocycles. The normalized spacial score (nSPS) is 12.3. The summed E-state index contributed by atoms with van der Waals surface area (Å²) in [5.74, 6) is 0.783. The molecule has 0 saturated heterocycles. The van der Waals surface area contributed by atoms with E-state index in [9.17, 15) is 4.79 Å². The average Bonchev–Trinajstić information content (AvgIpc) is 2.45. The van der Waals surface area contributed by atoms with E-state index in [4.69, 9.17) is 10.5 Å². The lowest BCUT2D eigenvalue weighted by Crippen LogP contribution is -2.36. The van der Waals surface area contributed by atoms with Crippen molar-refractivity contribution in [2.75, 3.05) is 13.7 Å². The van der Waals surface area contributed by atoms with Crippen LogP contribution >= 0.6 is 0 Å². The van der Waals surface area contributed by atoms with E-state index in [1.165, 1.54) is 0 Å². The van der Waals surface area contributed by atoms with Gasteiger partial charge in [0, 0.05) is 19.1 Å². The van der Waals surface area contributed by atoms with Crippen molar-refractivity contribution < 1.29 is 9.53 Å². The van der Waals surface area contributed by atoms with Crippen LogP contribution in [0.4, 0.5) is 0 Å². The number of rotatable bonds is 7. The quantitative estimate of drug-likeness (QED) is 0.840.